The van der Waals surface area contributed by atoms with Crippen molar-refractivity contribution in [3.63, 3.8) is 0 Å². The summed E-state index contributed by atoms with van der Waals surface area (Å²) < 4.78 is 15.8. The molecule has 0 saturated carbocycles. The molecule has 0 aromatic heterocycles. The summed E-state index contributed by atoms with van der Waals surface area (Å²) in [7, 11) is 1.60. The first kappa shape index (κ1) is 8.16. The van der Waals surface area contributed by atoms with E-state index in [2.05, 4.69) is 0 Å². The van der Waals surface area contributed by atoms with Crippen LogP contribution in [-0.2, 0) is 19.0 Å². The zero-order valence-corrected chi connectivity index (χ0v) is 6.99. The third-order valence-corrected chi connectivity index (χ3v) is 2.31. The summed E-state index contributed by atoms with van der Waals surface area (Å²) in [4.78, 5) is 11.2. The Bertz CT molecular complexity index is 191. The number of methoxy groups -OCH3 is 1. The van der Waals surface area contributed by atoms with Gasteiger partial charge >= 0.3 is 0 Å². The first-order valence-corrected chi connectivity index (χ1v) is 4.11. The monoisotopic (exact) mass is 172 g/mol. The topological polar surface area (TPSA) is 44.8 Å². The van der Waals surface area contributed by atoms with E-state index in [1.165, 1.54) is 0 Å². The molecule has 3 unspecified atom stereocenters. The molecule has 0 aromatic carbocycles. The van der Waals surface area contributed by atoms with Gasteiger partial charge < -0.3 is 14.2 Å². The molecule has 0 N–H and O–H groups in total. The SMILES string of the molecule is COC1CC(=O)CC2OCC1O2. The van der Waals surface area contributed by atoms with E-state index in [4.69, 9.17) is 14.2 Å². The predicted molar refractivity (Wildman–Crippen MR) is 39.7 cm³/mol. The number of hydrogen-bond acceptors (Lipinski definition) is 4. The molecule has 0 aliphatic carbocycles. The van der Waals surface area contributed by atoms with Crippen LogP contribution >= 0.6 is 0 Å². The molecule has 12 heavy (non-hydrogen) atoms. The minimum atomic E-state index is -0.317. The molecule has 68 valence electrons. The maximum atomic E-state index is 11.2. The zero-order chi connectivity index (χ0) is 8.55. The highest BCUT2D eigenvalue weighted by molar-refractivity contribution is 5.79. The van der Waals surface area contributed by atoms with Crippen LogP contribution in [0.2, 0.25) is 0 Å². The molecule has 2 rings (SSSR count). The van der Waals surface area contributed by atoms with E-state index in [1.807, 2.05) is 0 Å². The number of ether oxygens (including phenoxy) is 3. The second-order valence-corrected chi connectivity index (χ2v) is 3.16. The number of rotatable bonds is 1. The number of carbonyl (C=O) groups excluding carboxylic acids is 1. The second-order valence-electron chi connectivity index (χ2n) is 3.16. The molecule has 4 nitrogen and oxygen atoms in total. The van der Waals surface area contributed by atoms with Gasteiger partial charge in [-0.15, -0.1) is 0 Å². The quantitative estimate of drug-likeness (QED) is 0.563. The van der Waals surface area contributed by atoms with Crippen LogP contribution in [0.5, 0.6) is 0 Å². The molecule has 2 saturated heterocycles. The maximum absolute atomic E-state index is 11.2. The van der Waals surface area contributed by atoms with Crippen LogP contribution in [0.15, 0.2) is 0 Å². The predicted octanol–water partition coefficient (Wildman–Crippen LogP) is 0.106. The van der Waals surface area contributed by atoms with Crippen molar-refractivity contribution in [2.24, 2.45) is 0 Å². The molecule has 2 fully saturated rings. The first-order valence-electron chi connectivity index (χ1n) is 4.11. The molecule has 2 bridgehead atoms. The molecule has 2 heterocycles. The molecular weight excluding hydrogens is 160 g/mol. The largest absolute Gasteiger partial charge is 0.378 e. The Kier molecular flexibility index (Phi) is 2.12. The third-order valence-electron chi connectivity index (χ3n) is 2.31. The molecule has 0 radical (unpaired) electrons. The average molecular weight is 172 g/mol. The van der Waals surface area contributed by atoms with Gasteiger partial charge in [0.1, 0.15) is 11.9 Å². The van der Waals surface area contributed by atoms with E-state index in [0.717, 1.165) is 0 Å². The minimum Gasteiger partial charge on any atom is -0.378 e. The van der Waals surface area contributed by atoms with E-state index < -0.39 is 0 Å². The maximum Gasteiger partial charge on any atom is 0.165 e. The van der Waals surface area contributed by atoms with Gasteiger partial charge in [0.2, 0.25) is 0 Å². The molecular formula is C8H12O4. The van der Waals surface area contributed by atoms with Gasteiger partial charge in [-0.05, 0) is 0 Å². The van der Waals surface area contributed by atoms with Crippen LogP contribution in [0.4, 0.5) is 0 Å². The minimum absolute atomic E-state index is 0.0496. The Labute approximate surface area is 70.8 Å². The summed E-state index contributed by atoms with van der Waals surface area (Å²) in [6.45, 7) is 0.552. The van der Waals surface area contributed by atoms with Crippen LogP contribution in [-0.4, -0.2) is 38.0 Å². The summed E-state index contributed by atoms with van der Waals surface area (Å²) >= 11 is 0. The van der Waals surface area contributed by atoms with Crippen molar-refractivity contribution in [3.05, 3.63) is 0 Å². The fourth-order valence-electron chi connectivity index (χ4n) is 1.64. The van der Waals surface area contributed by atoms with Gasteiger partial charge in [-0.1, -0.05) is 0 Å². The molecule has 0 aromatic rings. The Hall–Kier alpha value is -0.450. The van der Waals surface area contributed by atoms with Gasteiger partial charge in [-0.3, -0.25) is 4.79 Å². The normalized spacial score (nSPS) is 41.4. The highest BCUT2D eigenvalue weighted by atomic mass is 16.7. The summed E-state index contributed by atoms with van der Waals surface area (Å²) in [6, 6.07) is 0. The van der Waals surface area contributed by atoms with Crippen LogP contribution in [0.3, 0.4) is 0 Å². The Morgan fingerprint density at radius 3 is 3.08 bits per heavy atom. The van der Waals surface area contributed by atoms with Crippen molar-refractivity contribution < 1.29 is 19.0 Å². The average Bonchev–Trinajstić information content (AvgIpc) is 2.40. The second kappa shape index (κ2) is 3.12. The van der Waals surface area contributed by atoms with E-state index in [9.17, 15) is 4.79 Å². The van der Waals surface area contributed by atoms with Crippen molar-refractivity contribution in [2.45, 2.75) is 31.3 Å². The lowest BCUT2D eigenvalue weighted by molar-refractivity contribution is -0.125. The zero-order valence-electron chi connectivity index (χ0n) is 6.99. The molecule has 4 heteroatoms. The standard InChI is InChI=1S/C8H12O4/c1-10-6-2-5(9)3-8-11-4-7(6)12-8/h6-8H,2-4H2,1H3. The molecule has 3 atom stereocenters. The van der Waals surface area contributed by atoms with E-state index in [1.54, 1.807) is 7.11 Å². The Morgan fingerprint density at radius 1 is 1.50 bits per heavy atom. The molecule has 0 spiro atoms. The fourth-order valence-corrected chi connectivity index (χ4v) is 1.64. The van der Waals surface area contributed by atoms with Crippen molar-refractivity contribution >= 4 is 5.78 Å². The van der Waals surface area contributed by atoms with Crippen molar-refractivity contribution in [3.8, 4) is 0 Å². The summed E-state index contributed by atoms with van der Waals surface area (Å²) in [6.07, 6.45) is 0.344. The molecule has 2 aliphatic heterocycles. The van der Waals surface area contributed by atoms with Gasteiger partial charge in [-0.25, -0.2) is 0 Å². The van der Waals surface area contributed by atoms with Gasteiger partial charge in [0.05, 0.1) is 19.1 Å². The van der Waals surface area contributed by atoms with Gasteiger partial charge in [-0.2, -0.15) is 0 Å². The third kappa shape index (κ3) is 1.37. The van der Waals surface area contributed by atoms with E-state index in [0.29, 0.717) is 19.4 Å². The molecule has 2 aliphatic rings. The number of Topliss-reactive ketones (excluding diaryl/α,β-unsaturated/α-hetero) is 1. The van der Waals surface area contributed by atoms with Crippen LogP contribution in [0.25, 0.3) is 0 Å². The number of fused-ring (bicyclic) bond motifs is 2. The summed E-state index contributed by atoms with van der Waals surface area (Å²) in [5.41, 5.74) is 0. The lowest BCUT2D eigenvalue weighted by atomic mass is 10.1. The number of carbonyl (C=O) groups is 1. The van der Waals surface area contributed by atoms with Crippen LogP contribution < -0.4 is 0 Å². The number of hydrogen-bond donors (Lipinski definition) is 0. The van der Waals surface area contributed by atoms with Crippen LogP contribution in [0.1, 0.15) is 12.8 Å². The summed E-state index contributed by atoms with van der Waals surface area (Å²) in [5.74, 6) is 0.161. The van der Waals surface area contributed by atoms with E-state index >= 15 is 0 Å². The fraction of sp³-hybridized carbons (Fsp3) is 0.875. The van der Waals surface area contributed by atoms with Gasteiger partial charge in [0, 0.05) is 13.5 Å². The number of ketones is 1. The van der Waals surface area contributed by atoms with Crippen molar-refractivity contribution in [1.29, 1.82) is 0 Å². The Balaban J connectivity index is 2.09. The van der Waals surface area contributed by atoms with Crippen LogP contribution in [0, 0.1) is 0 Å². The molecule has 0 amide bonds. The van der Waals surface area contributed by atoms with Gasteiger partial charge in [0.25, 0.3) is 0 Å². The smallest absolute Gasteiger partial charge is 0.165 e. The first-order chi connectivity index (χ1) is 5.79. The highest BCUT2D eigenvalue weighted by Gasteiger charge is 2.38. The van der Waals surface area contributed by atoms with E-state index in [-0.39, 0.29) is 24.3 Å². The Morgan fingerprint density at radius 2 is 2.33 bits per heavy atom. The van der Waals surface area contributed by atoms with Gasteiger partial charge in [0.15, 0.2) is 6.29 Å². The van der Waals surface area contributed by atoms with Crippen molar-refractivity contribution in [2.75, 3.05) is 13.7 Å². The lowest BCUT2D eigenvalue weighted by Gasteiger charge is -2.17. The highest BCUT2D eigenvalue weighted by Crippen LogP contribution is 2.25. The lowest BCUT2D eigenvalue weighted by Crippen LogP contribution is -2.30. The summed E-state index contributed by atoms with van der Waals surface area (Å²) in [5, 5.41) is 0. The van der Waals surface area contributed by atoms with Crippen molar-refractivity contribution in [1.82, 2.24) is 0 Å².